The maximum atomic E-state index is 13.6. The number of benzene rings is 3. The van der Waals surface area contributed by atoms with Crippen LogP contribution in [0, 0.1) is 11.7 Å². The predicted molar refractivity (Wildman–Crippen MR) is 156 cm³/mol. The van der Waals surface area contributed by atoms with E-state index in [0.29, 0.717) is 29.5 Å². The molecule has 0 aliphatic carbocycles. The smallest absolute Gasteiger partial charge is 0.264 e. The molecule has 2 N–H and O–H groups in total. The van der Waals surface area contributed by atoms with Crippen LogP contribution in [-0.4, -0.2) is 60.4 Å². The average Bonchev–Trinajstić information content (AvgIpc) is 2.98. The number of hydrogen-bond acceptors (Lipinski definition) is 8. The summed E-state index contributed by atoms with van der Waals surface area (Å²) in [7, 11) is -1.52. The van der Waals surface area contributed by atoms with Crippen molar-refractivity contribution in [1.29, 1.82) is 0 Å². The number of sulfonamides is 1. The Hall–Kier alpha value is -4.65. The zero-order valence-electron chi connectivity index (χ0n) is 23.7. The molecule has 0 aliphatic heterocycles. The van der Waals surface area contributed by atoms with Gasteiger partial charge < -0.3 is 19.5 Å². The molecular formula is C29H33FN4O7S. The summed E-state index contributed by atoms with van der Waals surface area (Å²) in [5, 5.41) is 6.67. The molecule has 0 aromatic heterocycles. The normalized spacial score (nSPS) is 11.3. The summed E-state index contributed by atoms with van der Waals surface area (Å²) < 4.78 is 57.4. The van der Waals surface area contributed by atoms with Crippen molar-refractivity contribution in [3.05, 3.63) is 78.1 Å². The number of halogens is 1. The Bertz CT molecular complexity index is 1500. The first kappa shape index (κ1) is 31.9. The number of amides is 2. The van der Waals surface area contributed by atoms with Gasteiger partial charge in [-0.25, -0.2) is 18.2 Å². The van der Waals surface area contributed by atoms with E-state index in [1.54, 1.807) is 24.3 Å². The zero-order chi connectivity index (χ0) is 30.7. The lowest BCUT2D eigenvalue weighted by Crippen LogP contribution is -2.39. The highest BCUT2D eigenvalue weighted by atomic mass is 32.2. The second kappa shape index (κ2) is 14.8. The summed E-state index contributed by atoms with van der Waals surface area (Å²) in [5.74, 6) is -0.220. The number of hydrogen-bond donors (Lipinski definition) is 2. The molecule has 0 saturated carbocycles. The van der Waals surface area contributed by atoms with Gasteiger partial charge in [0.1, 0.15) is 18.1 Å². The van der Waals surface area contributed by atoms with Gasteiger partial charge in [0.15, 0.2) is 18.1 Å². The number of ether oxygens (including phenoxy) is 3. The number of carbonyl (C=O) groups excluding carboxylic acids is 2. The summed E-state index contributed by atoms with van der Waals surface area (Å²) in [6, 6.07) is 15.3. The van der Waals surface area contributed by atoms with Gasteiger partial charge in [0, 0.05) is 12.6 Å². The molecule has 0 aliphatic rings. The average molecular weight is 601 g/mol. The molecule has 0 unspecified atom stereocenters. The lowest BCUT2D eigenvalue weighted by Gasteiger charge is -2.24. The van der Waals surface area contributed by atoms with Gasteiger partial charge in [-0.1, -0.05) is 13.8 Å². The number of hydrazone groups is 1. The Morgan fingerprint density at radius 2 is 1.62 bits per heavy atom. The maximum absolute atomic E-state index is 13.6. The van der Waals surface area contributed by atoms with Crippen LogP contribution in [0.1, 0.15) is 19.4 Å². The molecule has 3 aromatic rings. The molecule has 13 heteroatoms. The molecule has 0 heterocycles. The first-order valence-electron chi connectivity index (χ1n) is 12.8. The van der Waals surface area contributed by atoms with Crippen LogP contribution in [0.3, 0.4) is 0 Å². The number of carbonyl (C=O) groups is 2. The van der Waals surface area contributed by atoms with Crippen molar-refractivity contribution in [2.45, 2.75) is 18.7 Å². The Morgan fingerprint density at radius 3 is 2.24 bits per heavy atom. The van der Waals surface area contributed by atoms with Gasteiger partial charge >= 0.3 is 0 Å². The second-order valence-corrected chi connectivity index (χ2v) is 11.2. The molecule has 224 valence electrons. The topological polar surface area (TPSA) is 136 Å². The Balaban J connectivity index is 1.69. The van der Waals surface area contributed by atoms with E-state index in [2.05, 4.69) is 15.8 Å². The standard InChI is InChI=1S/C29H33FN4O7S/c1-20(2)16-31-29(36)19-41-24-11-5-21(6-12-24)17-32-33-28(35)18-34(23-9-7-22(30)8-10-23)42(37,38)25-13-14-26(39-3)27(15-25)40-4/h5-15,17,20H,16,18-19H2,1-4H3,(H,31,36)(H,33,35)/b32-17-. The molecule has 3 aromatic carbocycles. The molecule has 0 saturated heterocycles. The molecule has 0 atom stereocenters. The summed E-state index contributed by atoms with van der Waals surface area (Å²) >= 11 is 0. The first-order valence-corrected chi connectivity index (χ1v) is 14.3. The van der Waals surface area contributed by atoms with E-state index in [0.717, 1.165) is 16.4 Å². The molecule has 0 radical (unpaired) electrons. The minimum absolute atomic E-state index is 0.0683. The van der Waals surface area contributed by atoms with Crippen molar-refractivity contribution >= 4 is 33.7 Å². The summed E-state index contributed by atoms with van der Waals surface area (Å²) in [5.41, 5.74) is 2.99. The van der Waals surface area contributed by atoms with Gasteiger partial charge in [0.25, 0.3) is 21.8 Å². The van der Waals surface area contributed by atoms with Gasteiger partial charge in [-0.05, 0) is 72.1 Å². The van der Waals surface area contributed by atoms with Gasteiger partial charge in [-0.3, -0.25) is 13.9 Å². The van der Waals surface area contributed by atoms with Gasteiger partial charge in [-0.2, -0.15) is 5.10 Å². The third kappa shape index (κ3) is 8.93. The second-order valence-electron chi connectivity index (χ2n) is 9.35. The number of methoxy groups -OCH3 is 2. The lowest BCUT2D eigenvalue weighted by molar-refractivity contribution is -0.123. The van der Waals surface area contributed by atoms with Crippen LogP contribution in [0.2, 0.25) is 0 Å². The van der Waals surface area contributed by atoms with Crippen molar-refractivity contribution in [1.82, 2.24) is 10.7 Å². The van der Waals surface area contributed by atoms with Crippen LogP contribution in [0.25, 0.3) is 0 Å². The fourth-order valence-electron chi connectivity index (χ4n) is 3.54. The van der Waals surface area contributed by atoms with Crippen LogP contribution in [0.15, 0.2) is 76.7 Å². The first-order chi connectivity index (χ1) is 20.0. The fourth-order valence-corrected chi connectivity index (χ4v) is 4.98. The van der Waals surface area contributed by atoms with Crippen LogP contribution in [-0.2, 0) is 19.6 Å². The van der Waals surface area contributed by atoms with Crippen LogP contribution >= 0.6 is 0 Å². The highest BCUT2D eigenvalue weighted by molar-refractivity contribution is 7.92. The predicted octanol–water partition coefficient (Wildman–Crippen LogP) is 3.34. The Kier molecular flexibility index (Phi) is 11.3. The summed E-state index contributed by atoms with van der Waals surface area (Å²) in [6.07, 6.45) is 1.36. The van der Waals surface area contributed by atoms with E-state index >= 15 is 0 Å². The van der Waals surface area contributed by atoms with Crippen molar-refractivity contribution in [3.63, 3.8) is 0 Å². The van der Waals surface area contributed by atoms with Gasteiger partial charge in [0.05, 0.1) is 31.0 Å². The summed E-state index contributed by atoms with van der Waals surface area (Å²) in [6.45, 7) is 3.78. The van der Waals surface area contributed by atoms with E-state index in [1.165, 1.54) is 50.8 Å². The molecular weight excluding hydrogens is 567 g/mol. The van der Waals surface area contributed by atoms with Gasteiger partial charge in [-0.15, -0.1) is 0 Å². The van der Waals surface area contributed by atoms with Gasteiger partial charge in [0.2, 0.25) is 0 Å². The third-order valence-corrected chi connectivity index (χ3v) is 7.48. The summed E-state index contributed by atoms with van der Waals surface area (Å²) in [4.78, 5) is 24.4. The van der Waals surface area contributed by atoms with Crippen LogP contribution in [0.5, 0.6) is 17.2 Å². The zero-order valence-corrected chi connectivity index (χ0v) is 24.5. The monoisotopic (exact) mass is 600 g/mol. The van der Waals surface area contributed by atoms with Crippen molar-refractivity contribution in [2.75, 3.05) is 38.2 Å². The van der Waals surface area contributed by atoms with E-state index in [-0.39, 0.29) is 28.8 Å². The lowest BCUT2D eigenvalue weighted by atomic mass is 10.2. The molecule has 3 rings (SSSR count). The van der Waals surface area contributed by atoms with Crippen LogP contribution < -0.4 is 29.3 Å². The van der Waals surface area contributed by atoms with Crippen molar-refractivity contribution < 1.29 is 36.6 Å². The molecule has 42 heavy (non-hydrogen) atoms. The van der Waals surface area contributed by atoms with Crippen LogP contribution in [0.4, 0.5) is 10.1 Å². The molecule has 0 fully saturated rings. The number of rotatable bonds is 14. The van der Waals surface area contributed by atoms with E-state index in [4.69, 9.17) is 14.2 Å². The Labute approximate surface area is 244 Å². The number of nitrogens with zero attached hydrogens (tertiary/aromatic N) is 2. The van der Waals surface area contributed by atoms with E-state index in [9.17, 15) is 22.4 Å². The third-order valence-electron chi connectivity index (χ3n) is 5.71. The highest BCUT2D eigenvalue weighted by Gasteiger charge is 2.28. The highest BCUT2D eigenvalue weighted by Crippen LogP contribution is 2.32. The fraction of sp³-hybridized carbons (Fsp3) is 0.276. The molecule has 2 amide bonds. The van der Waals surface area contributed by atoms with Crippen molar-refractivity contribution in [2.24, 2.45) is 11.0 Å². The SMILES string of the molecule is COc1ccc(S(=O)(=O)N(CC(=O)N/N=C\c2ccc(OCC(=O)NCC(C)C)cc2)c2ccc(F)cc2)cc1OC. The minimum Gasteiger partial charge on any atom is -0.493 e. The quantitative estimate of drug-likeness (QED) is 0.214. The number of nitrogens with one attached hydrogen (secondary N) is 2. The molecule has 11 nitrogen and oxygen atoms in total. The maximum Gasteiger partial charge on any atom is 0.264 e. The Morgan fingerprint density at radius 1 is 0.952 bits per heavy atom. The largest absolute Gasteiger partial charge is 0.493 e. The molecule has 0 spiro atoms. The van der Waals surface area contributed by atoms with E-state index in [1.807, 2.05) is 13.8 Å². The van der Waals surface area contributed by atoms with E-state index < -0.39 is 28.3 Å². The molecule has 0 bridgehead atoms. The minimum atomic E-state index is -4.30. The number of anilines is 1. The van der Waals surface area contributed by atoms with Crippen molar-refractivity contribution in [3.8, 4) is 17.2 Å².